The SMILES string of the molecule is COc1cccc(OCc2cc3cccc(C(=O)O)c3[nH]2)c1. The maximum atomic E-state index is 11.2. The van der Waals surface area contributed by atoms with Gasteiger partial charge in [0.25, 0.3) is 0 Å². The zero-order chi connectivity index (χ0) is 15.5. The minimum absolute atomic E-state index is 0.255. The maximum absolute atomic E-state index is 11.2. The third kappa shape index (κ3) is 2.74. The molecule has 0 aliphatic heterocycles. The van der Waals surface area contributed by atoms with Gasteiger partial charge in [0.05, 0.1) is 23.9 Å². The van der Waals surface area contributed by atoms with Gasteiger partial charge in [-0.2, -0.15) is 0 Å². The Morgan fingerprint density at radius 1 is 1.14 bits per heavy atom. The molecule has 1 aromatic heterocycles. The number of hydrogen-bond donors (Lipinski definition) is 2. The first-order valence-electron chi connectivity index (χ1n) is 6.78. The van der Waals surface area contributed by atoms with Crippen molar-refractivity contribution in [1.29, 1.82) is 0 Å². The zero-order valence-electron chi connectivity index (χ0n) is 12.0. The fourth-order valence-corrected chi connectivity index (χ4v) is 2.32. The van der Waals surface area contributed by atoms with Crippen LogP contribution in [0.2, 0.25) is 0 Å². The van der Waals surface area contributed by atoms with E-state index in [1.54, 1.807) is 25.3 Å². The number of rotatable bonds is 5. The molecule has 0 radical (unpaired) electrons. The fraction of sp³-hybridized carbons (Fsp3) is 0.118. The van der Waals surface area contributed by atoms with Gasteiger partial charge in [0.1, 0.15) is 18.1 Å². The molecule has 0 saturated carbocycles. The van der Waals surface area contributed by atoms with Crippen molar-refractivity contribution in [1.82, 2.24) is 4.98 Å². The highest BCUT2D eigenvalue weighted by Gasteiger charge is 2.11. The monoisotopic (exact) mass is 297 g/mol. The van der Waals surface area contributed by atoms with E-state index in [4.69, 9.17) is 9.47 Å². The number of hydrogen-bond acceptors (Lipinski definition) is 3. The lowest BCUT2D eigenvalue weighted by Crippen LogP contribution is -1.98. The van der Waals surface area contributed by atoms with Crippen LogP contribution in [0.1, 0.15) is 16.1 Å². The third-order valence-corrected chi connectivity index (χ3v) is 3.38. The smallest absolute Gasteiger partial charge is 0.337 e. The minimum atomic E-state index is -0.951. The predicted octanol–water partition coefficient (Wildman–Crippen LogP) is 3.45. The molecule has 2 N–H and O–H groups in total. The van der Waals surface area contributed by atoms with Crippen molar-refractivity contribution in [2.24, 2.45) is 0 Å². The van der Waals surface area contributed by atoms with Crippen molar-refractivity contribution in [2.75, 3.05) is 7.11 Å². The number of benzene rings is 2. The Balaban J connectivity index is 1.82. The Morgan fingerprint density at radius 2 is 1.91 bits per heavy atom. The summed E-state index contributed by atoms with van der Waals surface area (Å²) in [5, 5.41) is 10.0. The average molecular weight is 297 g/mol. The second-order valence-electron chi connectivity index (χ2n) is 4.84. The Morgan fingerprint density at radius 3 is 2.68 bits per heavy atom. The molecule has 5 nitrogen and oxygen atoms in total. The summed E-state index contributed by atoms with van der Waals surface area (Å²) in [5.41, 5.74) is 1.68. The normalized spacial score (nSPS) is 10.6. The van der Waals surface area contributed by atoms with Crippen LogP contribution in [0.3, 0.4) is 0 Å². The number of H-pyrrole nitrogens is 1. The molecule has 0 bridgehead atoms. The first kappa shape index (κ1) is 14.0. The lowest BCUT2D eigenvalue weighted by Gasteiger charge is -2.06. The van der Waals surface area contributed by atoms with E-state index in [1.165, 1.54) is 0 Å². The lowest BCUT2D eigenvalue weighted by atomic mass is 10.1. The van der Waals surface area contributed by atoms with Gasteiger partial charge >= 0.3 is 5.97 Å². The summed E-state index contributed by atoms with van der Waals surface area (Å²) in [6.45, 7) is 0.320. The van der Waals surface area contributed by atoms with E-state index < -0.39 is 5.97 Å². The number of fused-ring (bicyclic) bond motifs is 1. The topological polar surface area (TPSA) is 71.6 Å². The van der Waals surface area contributed by atoms with Gasteiger partial charge in [-0.15, -0.1) is 0 Å². The largest absolute Gasteiger partial charge is 0.497 e. The summed E-state index contributed by atoms with van der Waals surface area (Å²) in [4.78, 5) is 14.3. The predicted molar refractivity (Wildman–Crippen MR) is 82.6 cm³/mol. The lowest BCUT2D eigenvalue weighted by molar-refractivity contribution is 0.0699. The molecule has 0 fully saturated rings. The number of ether oxygens (including phenoxy) is 2. The van der Waals surface area contributed by atoms with Gasteiger partial charge in [0, 0.05) is 11.5 Å². The van der Waals surface area contributed by atoms with Crippen LogP contribution in [0.15, 0.2) is 48.5 Å². The van der Waals surface area contributed by atoms with Crippen LogP contribution in [0.4, 0.5) is 0 Å². The molecule has 22 heavy (non-hydrogen) atoms. The summed E-state index contributed by atoms with van der Waals surface area (Å²) < 4.78 is 10.8. The Hall–Kier alpha value is -2.95. The molecule has 0 aliphatic carbocycles. The number of para-hydroxylation sites is 1. The average Bonchev–Trinajstić information content (AvgIpc) is 2.95. The van der Waals surface area contributed by atoms with Crippen LogP contribution in [-0.4, -0.2) is 23.2 Å². The highest BCUT2D eigenvalue weighted by Crippen LogP contribution is 2.22. The van der Waals surface area contributed by atoms with E-state index >= 15 is 0 Å². The molecule has 3 rings (SSSR count). The number of carboxylic acid groups (broad SMARTS) is 1. The first-order valence-corrected chi connectivity index (χ1v) is 6.78. The molecule has 2 aromatic carbocycles. The van der Waals surface area contributed by atoms with Gasteiger partial charge in [-0.05, 0) is 24.3 Å². The summed E-state index contributed by atoms with van der Waals surface area (Å²) in [5.74, 6) is 0.464. The number of nitrogens with one attached hydrogen (secondary N) is 1. The van der Waals surface area contributed by atoms with Crippen LogP contribution in [0.5, 0.6) is 11.5 Å². The summed E-state index contributed by atoms with van der Waals surface area (Å²) >= 11 is 0. The van der Waals surface area contributed by atoms with Crippen LogP contribution in [0.25, 0.3) is 10.9 Å². The molecule has 0 aliphatic rings. The second-order valence-corrected chi connectivity index (χ2v) is 4.84. The number of carboxylic acids is 1. The van der Waals surface area contributed by atoms with Gasteiger partial charge in [0.15, 0.2) is 0 Å². The van der Waals surface area contributed by atoms with E-state index in [9.17, 15) is 9.90 Å². The first-order chi connectivity index (χ1) is 10.7. The van der Waals surface area contributed by atoms with Gasteiger partial charge in [-0.1, -0.05) is 18.2 Å². The molecule has 0 amide bonds. The van der Waals surface area contributed by atoms with E-state index in [-0.39, 0.29) is 5.56 Å². The quantitative estimate of drug-likeness (QED) is 0.756. The molecule has 1 heterocycles. The van der Waals surface area contributed by atoms with Gasteiger partial charge in [-0.25, -0.2) is 4.79 Å². The van der Waals surface area contributed by atoms with E-state index in [2.05, 4.69) is 4.98 Å². The standard InChI is InChI=1S/C17H15NO4/c1-21-13-5-3-6-14(9-13)22-10-12-8-11-4-2-7-15(17(19)20)16(11)18-12/h2-9,18H,10H2,1H3,(H,19,20). The molecule has 112 valence electrons. The summed E-state index contributed by atoms with van der Waals surface area (Å²) in [6, 6.07) is 14.4. The van der Waals surface area contributed by atoms with Crippen LogP contribution in [-0.2, 0) is 6.61 Å². The number of aromatic nitrogens is 1. The van der Waals surface area contributed by atoms with Gasteiger partial charge in [-0.3, -0.25) is 0 Å². The van der Waals surface area contributed by atoms with Crippen LogP contribution < -0.4 is 9.47 Å². The van der Waals surface area contributed by atoms with E-state index in [1.807, 2.05) is 30.3 Å². The second kappa shape index (κ2) is 5.81. The van der Waals surface area contributed by atoms with Gasteiger partial charge < -0.3 is 19.6 Å². The molecule has 0 unspecified atom stereocenters. The van der Waals surface area contributed by atoms with Crippen molar-refractivity contribution in [3.8, 4) is 11.5 Å². The minimum Gasteiger partial charge on any atom is -0.497 e. The van der Waals surface area contributed by atoms with Crippen LogP contribution in [0, 0.1) is 0 Å². The molecular formula is C17H15NO4. The highest BCUT2D eigenvalue weighted by atomic mass is 16.5. The van der Waals surface area contributed by atoms with E-state index in [0.29, 0.717) is 17.9 Å². The van der Waals surface area contributed by atoms with E-state index in [0.717, 1.165) is 16.8 Å². The number of aromatic carboxylic acids is 1. The molecule has 0 saturated heterocycles. The molecule has 3 aromatic rings. The van der Waals surface area contributed by atoms with Crippen molar-refractivity contribution < 1.29 is 19.4 Å². The molecule has 5 heteroatoms. The maximum Gasteiger partial charge on any atom is 0.337 e. The van der Waals surface area contributed by atoms with Crippen molar-refractivity contribution in [2.45, 2.75) is 6.61 Å². The summed E-state index contributed by atoms with van der Waals surface area (Å²) in [7, 11) is 1.60. The van der Waals surface area contributed by atoms with Crippen molar-refractivity contribution in [3.63, 3.8) is 0 Å². The van der Waals surface area contributed by atoms with Gasteiger partial charge in [0.2, 0.25) is 0 Å². The number of carbonyl (C=O) groups is 1. The van der Waals surface area contributed by atoms with Crippen molar-refractivity contribution in [3.05, 3.63) is 59.8 Å². The number of aromatic amines is 1. The van der Waals surface area contributed by atoms with Crippen molar-refractivity contribution >= 4 is 16.9 Å². The molecule has 0 atom stereocenters. The Labute approximate surface area is 127 Å². The molecular weight excluding hydrogens is 282 g/mol. The van der Waals surface area contributed by atoms with Crippen LogP contribution >= 0.6 is 0 Å². The molecule has 0 spiro atoms. The highest BCUT2D eigenvalue weighted by molar-refractivity contribution is 6.02. The Bertz CT molecular complexity index is 822. The fourth-order valence-electron chi connectivity index (χ4n) is 2.32. The Kier molecular flexibility index (Phi) is 3.70. The number of methoxy groups -OCH3 is 1. The zero-order valence-corrected chi connectivity index (χ0v) is 12.0. The summed E-state index contributed by atoms with van der Waals surface area (Å²) in [6.07, 6.45) is 0. The third-order valence-electron chi connectivity index (χ3n) is 3.38.